The van der Waals surface area contributed by atoms with Crippen LogP contribution in [0, 0.1) is 18.3 Å². The number of pyridine rings is 1. The largest absolute Gasteiger partial charge is 0.486 e. The molecule has 0 bridgehead atoms. The molecule has 2 aromatic rings. The number of rotatable bonds is 0. The molecule has 5 heteroatoms. The number of nitriles is 1. The molecule has 96 valence electrons. The number of fused-ring (bicyclic) bond motifs is 2. The zero-order chi connectivity index (χ0) is 13.6. The number of aryl methyl sites for hydroxylation is 2. The minimum Gasteiger partial charge on any atom is -0.486 e. The van der Waals surface area contributed by atoms with Gasteiger partial charge in [-0.25, -0.2) is 0 Å². The summed E-state index contributed by atoms with van der Waals surface area (Å²) in [6.45, 7) is 2.79. The van der Waals surface area contributed by atoms with Gasteiger partial charge in [-0.1, -0.05) is 0 Å². The summed E-state index contributed by atoms with van der Waals surface area (Å²) < 4.78 is 12.5. The van der Waals surface area contributed by atoms with Crippen molar-refractivity contribution in [2.24, 2.45) is 7.05 Å². The highest BCUT2D eigenvalue weighted by Crippen LogP contribution is 2.35. The standard InChI is InChI=1S/C14H12N2O3/c1-8-9-5-12-13(19-4-3-18-12)6-11(9)16(2)14(17)10(8)7-15/h5-6H,3-4H2,1-2H3. The molecule has 0 saturated carbocycles. The first-order chi connectivity index (χ1) is 9.13. The Hall–Kier alpha value is -2.48. The smallest absolute Gasteiger partial charge is 0.268 e. The summed E-state index contributed by atoms with van der Waals surface area (Å²) in [6, 6.07) is 5.59. The highest BCUT2D eigenvalue weighted by atomic mass is 16.6. The van der Waals surface area contributed by atoms with Crippen LogP contribution in [0.4, 0.5) is 0 Å². The normalized spacial score (nSPS) is 13.3. The summed E-state index contributed by atoms with van der Waals surface area (Å²) in [5.41, 5.74) is 1.30. The van der Waals surface area contributed by atoms with Gasteiger partial charge in [0, 0.05) is 18.5 Å². The Morgan fingerprint density at radius 2 is 1.89 bits per heavy atom. The van der Waals surface area contributed by atoms with Gasteiger partial charge in [0.25, 0.3) is 5.56 Å². The fraction of sp³-hybridized carbons (Fsp3) is 0.286. The SMILES string of the molecule is Cc1c(C#N)c(=O)n(C)c2cc3c(cc12)OCCO3. The van der Waals surface area contributed by atoms with Crippen LogP contribution in [-0.4, -0.2) is 17.8 Å². The lowest BCUT2D eigenvalue weighted by molar-refractivity contribution is 0.172. The average molecular weight is 256 g/mol. The highest BCUT2D eigenvalue weighted by molar-refractivity contribution is 5.87. The minimum atomic E-state index is -0.288. The second kappa shape index (κ2) is 4.02. The summed E-state index contributed by atoms with van der Waals surface area (Å²) in [7, 11) is 1.65. The Balaban J connectivity index is 2.46. The fourth-order valence-electron chi connectivity index (χ4n) is 2.36. The quantitative estimate of drug-likeness (QED) is 0.716. The van der Waals surface area contributed by atoms with Crippen molar-refractivity contribution in [3.63, 3.8) is 0 Å². The minimum absolute atomic E-state index is 0.173. The Kier molecular flexibility index (Phi) is 2.46. The third kappa shape index (κ3) is 1.57. The number of ether oxygens (including phenoxy) is 2. The number of hydrogen-bond acceptors (Lipinski definition) is 4. The van der Waals surface area contributed by atoms with Crippen molar-refractivity contribution < 1.29 is 9.47 Å². The Bertz CT molecular complexity index is 784. The van der Waals surface area contributed by atoms with Crippen LogP contribution >= 0.6 is 0 Å². The van der Waals surface area contributed by atoms with E-state index in [4.69, 9.17) is 14.7 Å². The molecule has 5 nitrogen and oxygen atoms in total. The molecule has 1 aliphatic heterocycles. The first-order valence-corrected chi connectivity index (χ1v) is 5.96. The third-order valence-corrected chi connectivity index (χ3v) is 3.43. The van der Waals surface area contributed by atoms with Crippen molar-refractivity contribution in [3.05, 3.63) is 33.6 Å². The van der Waals surface area contributed by atoms with Gasteiger partial charge in [-0.3, -0.25) is 4.79 Å². The molecule has 1 aromatic heterocycles. The lowest BCUT2D eigenvalue weighted by atomic mass is 10.0. The van der Waals surface area contributed by atoms with Crippen molar-refractivity contribution in [1.82, 2.24) is 4.57 Å². The summed E-state index contributed by atoms with van der Waals surface area (Å²) in [5.74, 6) is 1.29. The van der Waals surface area contributed by atoms with E-state index in [1.165, 1.54) is 4.57 Å². The molecule has 0 N–H and O–H groups in total. The van der Waals surface area contributed by atoms with E-state index < -0.39 is 0 Å². The van der Waals surface area contributed by atoms with Gasteiger partial charge < -0.3 is 14.0 Å². The Morgan fingerprint density at radius 1 is 1.26 bits per heavy atom. The van der Waals surface area contributed by atoms with Crippen LogP contribution in [0.5, 0.6) is 11.5 Å². The molecule has 0 radical (unpaired) electrons. The van der Waals surface area contributed by atoms with E-state index in [9.17, 15) is 4.79 Å². The van der Waals surface area contributed by atoms with E-state index in [0.717, 1.165) is 10.9 Å². The summed E-state index contributed by atoms with van der Waals surface area (Å²) in [4.78, 5) is 12.1. The predicted molar refractivity (Wildman–Crippen MR) is 69.6 cm³/mol. The average Bonchev–Trinajstić information content (AvgIpc) is 2.44. The molecular formula is C14H12N2O3. The van der Waals surface area contributed by atoms with Gasteiger partial charge in [0.2, 0.25) is 0 Å². The maximum absolute atomic E-state index is 12.1. The zero-order valence-corrected chi connectivity index (χ0v) is 10.7. The predicted octanol–water partition coefficient (Wildman–Crippen LogP) is 1.49. The Labute approximate surface area is 109 Å². The highest BCUT2D eigenvalue weighted by Gasteiger charge is 2.18. The van der Waals surface area contributed by atoms with Gasteiger partial charge in [-0.05, 0) is 18.6 Å². The summed E-state index contributed by atoms with van der Waals surface area (Å²) in [5, 5.41) is 9.94. The summed E-state index contributed by atoms with van der Waals surface area (Å²) >= 11 is 0. The van der Waals surface area contributed by atoms with Crippen LogP contribution < -0.4 is 15.0 Å². The third-order valence-electron chi connectivity index (χ3n) is 3.43. The topological polar surface area (TPSA) is 64.2 Å². The number of aromatic nitrogens is 1. The maximum Gasteiger partial charge on any atom is 0.268 e. The molecular weight excluding hydrogens is 244 g/mol. The molecule has 19 heavy (non-hydrogen) atoms. The first-order valence-electron chi connectivity index (χ1n) is 5.96. The van der Waals surface area contributed by atoms with E-state index in [2.05, 4.69) is 0 Å². The molecule has 3 rings (SSSR count). The van der Waals surface area contributed by atoms with Crippen LogP contribution in [0.25, 0.3) is 10.9 Å². The maximum atomic E-state index is 12.1. The molecule has 0 unspecified atom stereocenters. The van der Waals surface area contributed by atoms with Crippen molar-refractivity contribution >= 4 is 10.9 Å². The zero-order valence-electron chi connectivity index (χ0n) is 10.7. The lowest BCUT2D eigenvalue weighted by Crippen LogP contribution is -2.22. The van der Waals surface area contributed by atoms with E-state index in [0.29, 0.717) is 30.3 Å². The molecule has 1 aliphatic rings. The molecule has 2 heterocycles. The van der Waals surface area contributed by atoms with Gasteiger partial charge in [0.15, 0.2) is 11.5 Å². The molecule has 0 fully saturated rings. The molecule has 0 atom stereocenters. The number of nitrogens with zero attached hydrogens (tertiary/aromatic N) is 2. The molecule has 0 amide bonds. The van der Waals surface area contributed by atoms with Gasteiger partial charge in [0.1, 0.15) is 24.8 Å². The Morgan fingerprint density at radius 3 is 2.53 bits per heavy atom. The number of benzene rings is 1. The summed E-state index contributed by atoms with van der Waals surface area (Å²) in [6.07, 6.45) is 0. The molecule has 0 aliphatic carbocycles. The second-order valence-electron chi connectivity index (χ2n) is 4.49. The molecule has 0 saturated heterocycles. The van der Waals surface area contributed by atoms with Gasteiger partial charge in [0.05, 0.1) is 5.52 Å². The van der Waals surface area contributed by atoms with Crippen LogP contribution in [0.1, 0.15) is 11.1 Å². The van der Waals surface area contributed by atoms with Gasteiger partial charge in [-0.2, -0.15) is 5.26 Å². The van der Waals surface area contributed by atoms with Crippen LogP contribution in [0.2, 0.25) is 0 Å². The van der Waals surface area contributed by atoms with Crippen molar-refractivity contribution in [1.29, 1.82) is 5.26 Å². The van der Waals surface area contributed by atoms with Crippen LogP contribution in [0.15, 0.2) is 16.9 Å². The molecule has 0 spiro atoms. The van der Waals surface area contributed by atoms with Crippen LogP contribution in [0.3, 0.4) is 0 Å². The monoisotopic (exact) mass is 256 g/mol. The van der Waals surface area contributed by atoms with E-state index in [-0.39, 0.29) is 11.1 Å². The van der Waals surface area contributed by atoms with Gasteiger partial charge in [-0.15, -0.1) is 0 Å². The lowest BCUT2D eigenvalue weighted by Gasteiger charge is -2.20. The molecule has 1 aromatic carbocycles. The van der Waals surface area contributed by atoms with E-state index >= 15 is 0 Å². The first kappa shape index (κ1) is 11.6. The van der Waals surface area contributed by atoms with E-state index in [1.54, 1.807) is 20.0 Å². The van der Waals surface area contributed by atoms with Crippen molar-refractivity contribution in [2.75, 3.05) is 13.2 Å². The van der Waals surface area contributed by atoms with Crippen molar-refractivity contribution in [2.45, 2.75) is 6.92 Å². The van der Waals surface area contributed by atoms with Gasteiger partial charge >= 0.3 is 0 Å². The van der Waals surface area contributed by atoms with Crippen molar-refractivity contribution in [3.8, 4) is 17.6 Å². The second-order valence-corrected chi connectivity index (χ2v) is 4.49. The van der Waals surface area contributed by atoms with E-state index in [1.807, 2.05) is 12.1 Å². The van der Waals surface area contributed by atoms with Crippen LogP contribution in [-0.2, 0) is 7.05 Å². The number of hydrogen-bond donors (Lipinski definition) is 0. The fourth-order valence-corrected chi connectivity index (χ4v) is 2.36.